The molecule has 3 nitrogen and oxygen atoms in total. The Morgan fingerprint density at radius 2 is 2.19 bits per heavy atom. The molecule has 16 heavy (non-hydrogen) atoms. The molecule has 1 heterocycles. The van der Waals surface area contributed by atoms with Gasteiger partial charge in [-0.05, 0) is 36.8 Å². The molecule has 5 heteroatoms. The van der Waals surface area contributed by atoms with Gasteiger partial charge in [0.2, 0.25) is 11.1 Å². The van der Waals surface area contributed by atoms with Crippen molar-refractivity contribution in [3.05, 3.63) is 17.3 Å². The van der Waals surface area contributed by atoms with E-state index in [9.17, 15) is 4.39 Å². The first-order chi connectivity index (χ1) is 7.66. The molecule has 1 aliphatic carbocycles. The fourth-order valence-corrected chi connectivity index (χ4v) is 2.14. The predicted molar refractivity (Wildman–Crippen MR) is 59.0 cm³/mol. The van der Waals surface area contributed by atoms with Crippen LogP contribution < -0.4 is 4.74 Å². The smallest absolute Gasteiger partial charge is 0.255 e. The molecule has 0 aliphatic heterocycles. The van der Waals surface area contributed by atoms with Crippen LogP contribution in [0.4, 0.5) is 4.39 Å². The average molecular weight is 245 g/mol. The third-order valence-electron chi connectivity index (χ3n) is 2.98. The standard InChI is InChI=1S/C11H14ClFN2O/c1-7-4-2-3-5-9(7)16-10-8(13)6-14-11(12)15-10/h6-7,9H,2-5H2,1H3. The molecule has 0 aromatic carbocycles. The maximum Gasteiger partial charge on any atom is 0.255 e. The molecule has 1 aliphatic rings. The van der Waals surface area contributed by atoms with Crippen LogP contribution in [0.5, 0.6) is 5.88 Å². The fraction of sp³-hybridized carbons (Fsp3) is 0.636. The third-order valence-corrected chi connectivity index (χ3v) is 3.16. The molecule has 0 amide bonds. The molecule has 2 atom stereocenters. The molecular formula is C11H14ClFN2O. The van der Waals surface area contributed by atoms with Gasteiger partial charge in [0.05, 0.1) is 6.20 Å². The van der Waals surface area contributed by atoms with Crippen molar-refractivity contribution < 1.29 is 9.13 Å². The van der Waals surface area contributed by atoms with Crippen LogP contribution >= 0.6 is 11.6 Å². The second-order valence-electron chi connectivity index (χ2n) is 4.21. The van der Waals surface area contributed by atoms with Crippen LogP contribution in [0.3, 0.4) is 0 Å². The van der Waals surface area contributed by atoms with E-state index in [0.29, 0.717) is 5.92 Å². The molecule has 2 unspecified atom stereocenters. The molecule has 0 N–H and O–H groups in total. The van der Waals surface area contributed by atoms with E-state index < -0.39 is 5.82 Å². The fourth-order valence-electron chi connectivity index (χ4n) is 2.01. The van der Waals surface area contributed by atoms with Crippen LogP contribution in [0.1, 0.15) is 32.6 Å². The molecule has 1 saturated carbocycles. The quantitative estimate of drug-likeness (QED) is 0.750. The monoisotopic (exact) mass is 244 g/mol. The zero-order valence-corrected chi connectivity index (χ0v) is 9.88. The number of aromatic nitrogens is 2. The zero-order valence-electron chi connectivity index (χ0n) is 9.12. The van der Waals surface area contributed by atoms with Gasteiger partial charge in [-0.25, -0.2) is 4.98 Å². The zero-order chi connectivity index (χ0) is 11.5. The van der Waals surface area contributed by atoms with Gasteiger partial charge in [-0.1, -0.05) is 13.3 Å². The topological polar surface area (TPSA) is 35.0 Å². The molecule has 0 radical (unpaired) electrons. The molecule has 2 rings (SSSR count). The number of halogens is 2. The van der Waals surface area contributed by atoms with Gasteiger partial charge >= 0.3 is 0 Å². The summed E-state index contributed by atoms with van der Waals surface area (Å²) in [6.07, 6.45) is 5.48. The number of rotatable bonds is 2. The van der Waals surface area contributed by atoms with E-state index >= 15 is 0 Å². The highest BCUT2D eigenvalue weighted by Gasteiger charge is 2.24. The van der Waals surface area contributed by atoms with Crippen molar-refractivity contribution in [2.75, 3.05) is 0 Å². The molecule has 1 aromatic heterocycles. The minimum Gasteiger partial charge on any atom is -0.472 e. The van der Waals surface area contributed by atoms with Crippen molar-refractivity contribution in [3.8, 4) is 5.88 Å². The number of nitrogens with zero attached hydrogens (tertiary/aromatic N) is 2. The van der Waals surface area contributed by atoms with Crippen molar-refractivity contribution in [2.24, 2.45) is 5.92 Å². The summed E-state index contributed by atoms with van der Waals surface area (Å²) in [6, 6.07) is 0. The van der Waals surface area contributed by atoms with E-state index in [1.54, 1.807) is 0 Å². The van der Waals surface area contributed by atoms with Crippen LogP contribution in [-0.4, -0.2) is 16.1 Å². The van der Waals surface area contributed by atoms with E-state index in [1.165, 1.54) is 6.42 Å². The Kier molecular flexibility index (Phi) is 3.59. The summed E-state index contributed by atoms with van der Waals surface area (Å²) in [4.78, 5) is 7.31. The minimum absolute atomic E-state index is 0.0138. The lowest BCUT2D eigenvalue weighted by molar-refractivity contribution is 0.0925. The molecular weight excluding hydrogens is 231 g/mol. The van der Waals surface area contributed by atoms with Gasteiger partial charge < -0.3 is 4.74 Å². The summed E-state index contributed by atoms with van der Waals surface area (Å²) >= 11 is 5.60. The molecule has 0 bridgehead atoms. The van der Waals surface area contributed by atoms with E-state index in [4.69, 9.17) is 16.3 Å². The number of hydrogen-bond donors (Lipinski definition) is 0. The van der Waals surface area contributed by atoms with Crippen molar-refractivity contribution in [1.29, 1.82) is 0 Å². The van der Waals surface area contributed by atoms with Crippen molar-refractivity contribution in [2.45, 2.75) is 38.7 Å². The summed E-state index contributed by atoms with van der Waals surface area (Å²) in [6.45, 7) is 2.12. The van der Waals surface area contributed by atoms with Crippen molar-refractivity contribution in [3.63, 3.8) is 0 Å². The highest BCUT2D eigenvalue weighted by molar-refractivity contribution is 6.28. The lowest BCUT2D eigenvalue weighted by Crippen LogP contribution is -2.29. The normalized spacial score (nSPS) is 25.4. The molecule has 88 valence electrons. The summed E-state index contributed by atoms with van der Waals surface area (Å²) in [7, 11) is 0. The maximum absolute atomic E-state index is 13.3. The lowest BCUT2D eigenvalue weighted by Gasteiger charge is -2.28. The van der Waals surface area contributed by atoms with Gasteiger partial charge in [-0.3, -0.25) is 0 Å². The van der Waals surface area contributed by atoms with Gasteiger partial charge in [0.1, 0.15) is 6.10 Å². The Morgan fingerprint density at radius 3 is 2.94 bits per heavy atom. The summed E-state index contributed by atoms with van der Waals surface area (Å²) < 4.78 is 18.9. The Balaban J connectivity index is 2.10. The Morgan fingerprint density at radius 1 is 1.44 bits per heavy atom. The van der Waals surface area contributed by atoms with Gasteiger partial charge in [-0.15, -0.1) is 0 Å². The first-order valence-electron chi connectivity index (χ1n) is 5.51. The molecule has 1 fully saturated rings. The van der Waals surface area contributed by atoms with E-state index in [0.717, 1.165) is 25.5 Å². The molecule has 0 spiro atoms. The largest absolute Gasteiger partial charge is 0.472 e. The van der Waals surface area contributed by atoms with Gasteiger partial charge in [0.25, 0.3) is 5.88 Å². The lowest BCUT2D eigenvalue weighted by atomic mass is 9.88. The van der Waals surface area contributed by atoms with Gasteiger partial charge in [0, 0.05) is 0 Å². The first kappa shape index (κ1) is 11.6. The predicted octanol–water partition coefficient (Wildman–Crippen LogP) is 3.23. The second-order valence-corrected chi connectivity index (χ2v) is 4.55. The Hall–Kier alpha value is -0.900. The highest BCUT2D eigenvalue weighted by atomic mass is 35.5. The van der Waals surface area contributed by atoms with Crippen LogP contribution in [0.2, 0.25) is 5.28 Å². The first-order valence-corrected chi connectivity index (χ1v) is 5.89. The van der Waals surface area contributed by atoms with Crippen LogP contribution in [0.15, 0.2) is 6.20 Å². The Bertz CT molecular complexity index is 375. The Labute approximate surface area is 99.0 Å². The van der Waals surface area contributed by atoms with Gasteiger partial charge in [-0.2, -0.15) is 9.37 Å². The second kappa shape index (κ2) is 4.95. The number of ether oxygens (including phenoxy) is 1. The van der Waals surface area contributed by atoms with Crippen molar-refractivity contribution >= 4 is 11.6 Å². The maximum atomic E-state index is 13.3. The minimum atomic E-state index is -0.554. The van der Waals surface area contributed by atoms with E-state index in [2.05, 4.69) is 16.9 Å². The van der Waals surface area contributed by atoms with E-state index in [1.807, 2.05) is 0 Å². The molecule has 1 aromatic rings. The third kappa shape index (κ3) is 2.61. The van der Waals surface area contributed by atoms with Crippen LogP contribution in [0, 0.1) is 11.7 Å². The highest BCUT2D eigenvalue weighted by Crippen LogP contribution is 2.28. The summed E-state index contributed by atoms with van der Waals surface area (Å²) in [5.41, 5.74) is 0. The van der Waals surface area contributed by atoms with Gasteiger partial charge in [0.15, 0.2) is 0 Å². The SMILES string of the molecule is CC1CCCCC1Oc1nc(Cl)ncc1F. The molecule has 0 saturated heterocycles. The average Bonchev–Trinajstić information content (AvgIpc) is 2.27. The van der Waals surface area contributed by atoms with Crippen LogP contribution in [-0.2, 0) is 0 Å². The van der Waals surface area contributed by atoms with Crippen LogP contribution in [0.25, 0.3) is 0 Å². The van der Waals surface area contributed by atoms with Crippen molar-refractivity contribution in [1.82, 2.24) is 9.97 Å². The summed E-state index contributed by atoms with van der Waals surface area (Å²) in [5, 5.41) is 0.0138. The number of hydrogen-bond acceptors (Lipinski definition) is 3. The summed E-state index contributed by atoms with van der Waals surface area (Å²) in [5.74, 6) is -0.150. The van der Waals surface area contributed by atoms with E-state index in [-0.39, 0.29) is 17.3 Å².